The van der Waals surface area contributed by atoms with Gasteiger partial charge in [0.2, 0.25) is 0 Å². The average molecular weight is 635 g/mol. The molecule has 5 saturated carbocycles. The number of allylic oxidation sites excluding steroid dienone is 1. The van der Waals surface area contributed by atoms with E-state index in [4.69, 9.17) is 14.2 Å². The van der Waals surface area contributed by atoms with Crippen molar-refractivity contribution in [2.24, 2.45) is 56.7 Å². The molecule has 1 aromatic carbocycles. The number of aldehydes is 1. The molecule has 0 aromatic heterocycles. The summed E-state index contributed by atoms with van der Waals surface area (Å²) in [5.41, 5.74) is 0.697. The van der Waals surface area contributed by atoms with Gasteiger partial charge in [0, 0.05) is 17.9 Å². The van der Waals surface area contributed by atoms with E-state index in [1.807, 2.05) is 30.3 Å². The van der Waals surface area contributed by atoms with Crippen molar-refractivity contribution in [1.29, 1.82) is 0 Å². The van der Waals surface area contributed by atoms with Gasteiger partial charge in [0.25, 0.3) is 0 Å². The fourth-order valence-corrected chi connectivity index (χ4v) is 12.6. The van der Waals surface area contributed by atoms with Crippen LogP contribution in [0.15, 0.2) is 42.0 Å². The number of aliphatic hydroxyl groups is 1. The zero-order chi connectivity index (χ0) is 33.3. The average Bonchev–Trinajstić information content (AvgIpc) is 3.04. The third-order valence-electron chi connectivity index (χ3n) is 15.3. The molecule has 6 aliphatic carbocycles. The van der Waals surface area contributed by atoms with Crippen LogP contribution < -0.4 is 0 Å². The van der Waals surface area contributed by atoms with Gasteiger partial charge in [-0.2, -0.15) is 0 Å². The lowest BCUT2D eigenvalue weighted by Gasteiger charge is -2.76. The predicted octanol–water partition coefficient (Wildman–Crippen LogP) is 7.57. The fraction of sp³-hybridized carbons (Fsp3) is 0.750. The number of hydrogen-bond acceptors (Lipinski definition) is 6. The Morgan fingerprint density at radius 3 is 2.37 bits per heavy atom. The molecular weight excluding hydrogens is 576 g/mol. The van der Waals surface area contributed by atoms with Gasteiger partial charge in [-0.25, -0.2) is 0 Å². The van der Waals surface area contributed by atoms with Crippen molar-refractivity contribution in [3.8, 4) is 0 Å². The molecule has 6 aliphatic rings. The molecule has 7 rings (SSSR count). The van der Waals surface area contributed by atoms with Gasteiger partial charge in [0.15, 0.2) is 0 Å². The molecule has 46 heavy (non-hydrogen) atoms. The smallest absolute Gasteiger partial charge is 0.310 e. The first-order valence-electron chi connectivity index (χ1n) is 17.9. The molecule has 6 heteroatoms. The van der Waals surface area contributed by atoms with Crippen LogP contribution in [-0.2, 0) is 30.4 Å². The highest BCUT2D eigenvalue weighted by molar-refractivity contribution is 5.75. The van der Waals surface area contributed by atoms with E-state index in [1.54, 1.807) is 7.11 Å². The number of fused-ring (bicyclic) bond motifs is 3. The summed E-state index contributed by atoms with van der Waals surface area (Å²) in [7, 11) is 1.76. The quantitative estimate of drug-likeness (QED) is 0.162. The van der Waals surface area contributed by atoms with Crippen LogP contribution in [0.5, 0.6) is 0 Å². The Balaban J connectivity index is 1.41. The van der Waals surface area contributed by atoms with Gasteiger partial charge in [-0.3, -0.25) is 4.79 Å². The Hall–Kier alpha value is -2.02. The van der Waals surface area contributed by atoms with E-state index in [0.717, 1.165) is 50.4 Å². The number of hydrogen-bond donors (Lipinski definition) is 1. The molecular formula is C40H58O6. The number of esters is 1. The lowest BCUT2D eigenvalue weighted by Crippen LogP contribution is -2.78. The number of rotatable bonds is 10. The standard InChI is InChI=1S/C40H58O6/c1-26(2)27(3)35(4)18-19-37(6)29-14-15-31-36(5)23-40(44-8,34(36)45-21-20-41)24-39(31,25-42)30(29)16-17-38(37,7)32(35)33(43)46-22-28-12-10-9-11-13-28/h9-13,16,20,26-27,29,31-32,34,42H,14-15,17-19,21-25H2,1-8H3/t27-,29+,31+,32-,34-,35-,36+,37-,38+,39+,40+/m1/s1. The van der Waals surface area contributed by atoms with Gasteiger partial charge in [0.05, 0.1) is 24.2 Å². The minimum absolute atomic E-state index is 0.0605. The number of benzene rings is 1. The second kappa shape index (κ2) is 11.6. The molecule has 5 fully saturated rings. The van der Waals surface area contributed by atoms with Crippen molar-refractivity contribution in [1.82, 2.24) is 0 Å². The third-order valence-corrected chi connectivity index (χ3v) is 15.3. The van der Waals surface area contributed by atoms with Crippen molar-refractivity contribution < 1.29 is 28.9 Å². The maximum Gasteiger partial charge on any atom is 0.310 e. The molecule has 0 aliphatic heterocycles. The van der Waals surface area contributed by atoms with E-state index >= 15 is 0 Å². The zero-order valence-electron chi connectivity index (χ0n) is 29.6. The number of aliphatic hydroxyl groups excluding tert-OH is 1. The molecule has 6 nitrogen and oxygen atoms in total. The van der Waals surface area contributed by atoms with E-state index in [0.29, 0.717) is 24.9 Å². The third kappa shape index (κ3) is 4.44. The van der Waals surface area contributed by atoms with E-state index in [9.17, 15) is 14.7 Å². The number of ether oxygens (including phenoxy) is 3. The second-order valence-corrected chi connectivity index (χ2v) is 17.3. The maximum atomic E-state index is 14.6. The SMILES string of the molecule is CO[C@]12C[C@]3(CO)C4=CC[C@@]5(C)[C@H](C(=O)OCc6ccccc6)[C@@](C)([C@H](C)C(C)C)CC[C@]5(C)[C@H]4CC[C@H]3[C@](C)(C1)[C@H]2OCC=O. The van der Waals surface area contributed by atoms with Crippen LogP contribution in [0.2, 0.25) is 0 Å². The highest BCUT2D eigenvalue weighted by atomic mass is 16.6. The summed E-state index contributed by atoms with van der Waals surface area (Å²) in [6.07, 6.45) is 9.57. The Morgan fingerprint density at radius 2 is 1.74 bits per heavy atom. The van der Waals surface area contributed by atoms with Crippen molar-refractivity contribution in [3.05, 3.63) is 47.5 Å². The van der Waals surface area contributed by atoms with E-state index in [2.05, 4.69) is 54.5 Å². The fourth-order valence-electron chi connectivity index (χ4n) is 12.6. The van der Waals surface area contributed by atoms with E-state index < -0.39 is 11.0 Å². The Morgan fingerprint density at radius 1 is 1.02 bits per heavy atom. The van der Waals surface area contributed by atoms with E-state index in [-0.39, 0.29) is 64.7 Å². The highest BCUT2D eigenvalue weighted by Crippen LogP contribution is 2.78. The first-order valence-corrected chi connectivity index (χ1v) is 17.9. The Kier molecular flexibility index (Phi) is 8.50. The highest BCUT2D eigenvalue weighted by Gasteiger charge is 2.77. The minimum atomic E-state index is -0.511. The largest absolute Gasteiger partial charge is 0.461 e. The molecule has 11 atom stereocenters. The molecule has 0 heterocycles. The molecule has 0 saturated heterocycles. The number of carbonyl (C=O) groups is 2. The topological polar surface area (TPSA) is 82.1 Å². The normalized spacial score (nSPS) is 45.0. The minimum Gasteiger partial charge on any atom is -0.461 e. The van der Waals surface area contributed by atoms with Crippen molar-refractivity contribution >= 4 is 12.3 Å². The van der Waals surface area contributed by atoms with Crippen LogP contribution in [0.1, 0.15) is 99.0 Å². The summed E-state index contributed by atoms with van der Waals surface area (Å²) in [5.74, 6) is 1.000. The first-order chi connectivity index (χ1) is 21.7. The second-order valence-electron chi connectivity index (χ2n) is 17.3. The van der Waals surface area contributed by atoms with Gasteiger partial charge in [-0.05, 0) is 90.4 Å². The summed E-state index contributed by atoms with van der Waals surface area (Å²) >= 11 is 0. The lowest BCUT2D eigenvalue weighted by molar-refractivity contribution is -0.338. The van der Waals surface area contributed by atoms with Crippen LogP contribution in [0.4, 0.5) is 0 Å². The van der Waals surface area contributed by atoms with Crippen molar-refractivity contribution in [2.75, 3.05) is 20.3 Å². The molecule has 0 radical (unpaired) electrons. The molecule has 1 aromatic rings. The predicted molar refractivity (Wildman–Crippen MR) is 179 cm³/mol. The zero-order valence-corrected chi connectivity index (χ0v) is 29.6. The number of carbonyl (C=O) groups excluding carboxylic acids is 2. The molecule has 0 amide bonds. The van der Waals surface area contributed by atoms with Crippen LogP contribution >= 0.6 is 0 Å². The van der Waals surface area contributed by atoms with Crippen LogP contribution in [-0.4, -0.2) is 49.4 Å². The van der Waals surface area contributed by atoms with Gasteiger partial charge < -0.3 is 24.1 Å². The van der Waals surface area contributed by atoms with Gasteiger partial charge in [0.1, 0.15) is 19.5 Å². The molecule has 2 bridgehead atoms. The van der Waals surface area contributed by atoms with Crippen LogP contribution in [0.25, 0.3) is 0 Å². The molecule has 1 N–H and O–H groups in total. The molecule has 0 spiro atoms. The maximum absolute atomic E-state index is 14.6. The molecule has 254 valence electrons. The Bertz CT molecular complexity index is 1360. The monoisotopic (exact) mass is 634 g/mol. The first kappa shape index (κ1) is 33.9. The van der Waals surface area contributed by atoms with Crippen LogP contribution in [0, 0.1) is 56.7 Å². The lowest BCUT2D eigenvalue weighted by atomic mass is 9.31. The summed E-state index contributed by atoms with van der Waals surface area (Å²) in [5, 5.41) is 11.5. The van der Waals surface area contributed by atoms with Gasteiger partial charge >= 0.3 is 5.97 Å². The summed E-state index contributed by atoms with van der Waals surface area (Å²) < 4.78 is 18.7. The van der Waals surface area contributed by atoms with Gasteiger partial charge in [-0.15, -0.1) is 0 Å². The summed E-state index contributed by atoms with van der Waals surface area (Å²) in [4.78, 5) is 25.9. The molecule has 0 unspecified atom stereocenters. The van der Waals surface area contributed by atoms with Crippen molar-refractivity contribution in [2.45, 2.75) is 112 Å². The summed E-state index contributed by atoms with van der Waals surface area (Å²) in [6, 6.07) is 10.0. The van der Waals surface area contributed by atoms with Gasteiger partial charge in [-0.1, -0.05) is 90.4 Å². The Labute approximate surface area is 277 Å². The summed E-state index contributed by atoms with van der Waals surface area (Å²) in [6.45, 7) is 16.9. The van der Waals surface area contributed by atoms with Crippen molar-refractivity contribution in [3.63, 3.8) is 0 Å². The number of methoxy groups -OCH3 is 1. The van der Waals surface area contributed by atoms with E-state index in [1.165, 1.54) is 5.57 Å². The van der Waals surface area contributed by atoms with Crippen LogP contribution in [0.3, 0.4) is 0 Å².